The minimum atomic E-state index is -4.16. The zero-order valence-electron chi connectivity index (χ0n) is 24.6. The number of benzene rings is 3. The lowest BCUT2D eigenvalue weighted by molar-refractivity contribution is -0.140. The van der Waals surface area contributed by atoms with Crippen LogP contribution >= 0.6 is 23.2 Å². The van der Waals surface area contributed by atoms with E-state index in [0.717, 1.165) is 28.3 Å². The maximum Gasteiger partial charge on any atom is 0.264 e. The summed E-state index contributed by atoms with van der Waals surface area (Å²) in [5, 5.41) is 3.62. The van der Waals surface area contributed by atoms with Gasteiger partial charge in [0.05, 0.1) is 10.6 Å². The molecule has 0 aromatic heterocycles. The third kappa shape index (κ3) is 8.06. The van der Waals surface area contributed by atoms with Crippen molar-refractivity contribution in [1.82, 2.24) is 10.2 Å². The molecule has 0 aliphatic heterocycles. The number of amides is 2. The first-order valence-corrected chi connectivity index (χ1v) is 16.4. The highest BCUT2D eigenvalue weighted by molar-refractivity contribution is 7.92. The second-order valence-electron chi connectivity index (χ2n) is 10.1. The van der Waals surface area contributed by atoms with Crippen LogP contribution < -0.4 is 9.62 Å². The third-order valence-corrected chi connectivity index (χ3v) is 9.62. The third-order valence-electron chi connectivity index (χ3n) is 7.13. The number of carbonyl (C=O) groups is 2. The number of sulfonamides is 1. The molecule has 3 aromatic rings. The predicted molar refractivity (Wildman–Crippen MR) is 171 cm³/mol. The normalized spacial score (nSPS) is 12.0. The van der Waals surface area contributed by atoms with Crippen LogP contribution in [0.2, 0.25) is 10.0 Å². The molecule has 0 heterocycles. The first-order valence-electron chi connectivity index (χ1n) is 14.2. The number of hydrogen-bond acceptors (Lipinski definition) is 4. The lowest BCUT2D eigenvalue weighted by atomic mass is 10.1. The number of para-hydroxylation sites is 1. The quantitative estimate of drug-likeness (QED) is 0.199. The summed E-state index contributed by atoms with van der Waals surface area (Å²) < 4.78 is 29.4. The van der Waals surface area contributed by atoms with Gasteiger partial charge >= 0.3 is 0 Å². The highest BCUT2D eigenvalue weighted by Gasteiger charge is 2.34. The summed E-state index contributed by atoms with van der Waals surface area (Å²) >= 11 is 13.0. The number of halogens is 2. The Hall–Kier alpha value is -3.07. The van der Waals surface area contributed by atoms with Crippen LogP contribution in [0, 0.1) is 6.92 Å². The second kappa shape index (κ2) is 15.4. The van der Waals surface area contributed by atoms with Crippen molar-refractivity contribution in [3.05, 3.63) is 93.5 Å². The average molecular weight is 633 g/mol. The maximum absolute atomic E-state index is 14.3. The van der Waals surface area contributed by atoms with Gasteiger partial charge in [-0.2, -0.15) is 0 Å². The van der Waals surface area contributed by atoms with E-state index in [2.05, 4.69) is 5.32 Å². The second-order valence-corrected chi connectivity index (χ2v) is 12.8. The Morgan fingerprint density at radius 2 is 1.55 bits per heavy atom. The van der Waals surface area contributed by atoms with Crippen LogP contribution in [0.25, 0.3) is 0 Å². The van der Waals surface area contributed by atoms with Gasteiger partial charge in [-0.1, -0.05) is 92.4 Å². The van der Waals surface area contributed by atoms with Gasteiger partial charge in [-0.3, -0.25) is 13.9 Å². The summed E-state index contributed by atoms with van der Waals surface area (Å²) in [6.07, 6.45) is 2.56. The number of rotatable bonds is 14. The van der Waals surface area contributed by atoms with Crippen molar-refractivity contribution in [2.45, 2.75) is 70.9 Å². The van der Waals surface area contributed by atoms with Gasteiger partial charge in [0, 0.05) is 28.7 Å². The van der Waals surface area contributed by atoms with Gasteiger partial charge in [0.1, 0.15) is 12.6 Å². The molecule has 0 fully saturated rings. The molecule has 7 nitrogen and oxygen atoms in total. The minimum Gasteiger partial charge on any atom is -0.354 e. The van der Waals surface area contributed by atoms with Gasteiger partial charge < -0.3 is 10.2 Å². The van der Waals surface area contributed by atoms with E-state index in [-0.39, 0.29) is 17.3 Å². The van der Waals surface area contributed by atoms with Gasteiger partial charge in [0.2, 0.25) is 11.8 Å². The SMILES string of the molecule is CCCCNC(=O)C(CC)N(Cc1c(Cl)cccc1Cl)C(=O)CN(c1ccccc1CC)S(=O)(=O)c1ccc(C)cc1. The smallest absolute Gasteiger partial charge is 0.264 e. The van der Waals surface area contributed by atoms with E-state index in [4.69, 9.17) is 23.2 Å². The van der Waals surface area contributed by atoms with Crippen LogP contribution in [0.3, 0.4) is 0 Å². The van der Waals surface area contributed by atoms with E-state index in [1.54, 1.807) is 42.5 Å². The summed E-state index contributed by atoms with van der Waals surface area (Å²) in [6, 6.07) is 17.8. The summed E-state index contributed by atoms with van der Waals surface area (Å²) in [6.45, 7) is 7.52. The van der Waals surface area contributed by atoms with E-state index in [1.165, 1.54) is 17.0 Å². The van der Waals surface area contributed by atoms with Crippen molar-refractivity contribution in [2.24, 2.45) is 0 Å². The van der Waals surface area contributed by atoms with Crippen LogP contribution in [0.4, 0.5) is 5.69 Å². The Morgan fingerprint density at radius 1 is 0.905 bits per heavy atom. The Kier molecular flexibility index (Phi) is 12.3. The number of aryl methyl sites for hydroxylation is 2. The van der Waals surface area contributed by atoms with Gasteiger partial charge in [0.15, 0.2) is 0 Å². The topological polar surface area (TPSA) is 86.8 Å². The van der Waals surface area contributed by atoms with Gasteiger partial charge in [-0.05, 0) is 62.1 Å². The Bertz CT molecular complexity index is 1460. The zero-order valence-corrected chi connectivity index (χ0v) is 26.9. The molecule has 0 bridgehead atoms. The average Bonchev–Trinajstić information content (AvgIpc) is 2.97. The molecule has 1 N–H and O–H groups in total. The van der Waals surface area contributed by atoms with Crippen molar-refractivity contribution in [3.8, 4) is 0 Å². The molecule has 0 radical (unpaired) electrons. The zero-order chi connectivity index (χ0) is 30.9. The number of carbonyl (C=O) groups excluding carboxylic acids is 2. The monoisotopic (exact) mass is 631 g/mol. The summed E-state index contributed by atoms with van der Waals surface area (Å²) in [4.78, 5) is 29.1. The standard InChI is InChI=1S/C32H39Cl2N3O4S/c1-5-8-20-35-32(39)29(7-3)36(21-26-27(33)13-11-14-28(26)34)31(38)22-37(30-15-10-9-12-24(30)6-2)42(40,41)25-18-16-23(4)17-19-25/h9-19,29H,5-8,20-22H2,1-4H3,(H,35,39). The molecule has 0 spiro atoms. The Balaban J connectivity index is 2.11. The van der Waals surface area contributed by atoms with Crippen LogP contribution in [0.1, 0.15) is 56.7 Å². The molecule has 42 heavy (non-hydrogen) atoms. The van der Waals surface area contributed by atoms with Gasteiger partial charge in [0.25, 0.3) is 10.0 Å². The van der Waals surface area contributed by atoms with E-state index < -0.39 is 28.5 Å². The fourth-order valence-corrected chi connectivity index (χ4v) is 6.65. The number of unbranched alkanes of at least 4 members (excludes halogenated alkanes) is 1. The molecule has 226 valence electrons. The number of hydrogen-bond donors (Lipinski definition) is 1. The van der Waals surface area contributed by atoms with Crippen LogP contribution in [-0.4, -0.2) is 44.3 Å². The molecule has 0 aliphatic rings. The fourth-order valence-electron chi connectivity index (χ4n) is 4.68. The lowest BCUT2D eigenvalue weighted by Crippen LogP contribution is -2.52. The molecule has 3 rings (SSSR count). The predicted octanol–water partition coefficient (Wildman–Crippen LogP) is 6.78. The number of nitrogens with zero attached hydrogens (tertiary/aromatic N) is 2. The van der Waals surface area contributed by atoms with E-state index in [1.807, 2.05) is 39.8 Å². The highest BCUT2D eigenvalue weighted by Crippen LogP contribution is 2.30. The molecule has 10 heteroatoms. The van der Waals surface area contributed by atoms with E-state index in [9.17, 15) is 18.0 Å². The molecule has 3 aromatic carbocycles. The highest BCUT2D eigenvalue weighted by atomic mass is 35.5. The summed E-state index contributed by atoms with van der Waals surface area (Å²) in [5.74, 6) is -0.866. The maximum atomic E-state index is 14.3. The molecule has 0 saturated carbocycles. The Morgan fingerprint density at radius 3 is 2.14 bits per heavy atom. The van der Waals surface area contributed by atoms with Crippen LogP contribution in [0.5, 0.6) is 0 Å². The van der Waals surface area contributed by atoms with Crippen LogP contribution in [-0.2, 0) is 32.6 Å². The van der Waals surface area contributed by atoms with Crippen molar-refractivity contribution < 1.29 is 18.0 Å². The largest absolute Gasteiger partial charge is 0.354 e. The molecular formula is C32H39Cl2N3O4S. The number of nitrogens with one attached hydrogen (secondary N) is 1. The first kappa shape index (κ1) is 33.4. The molecule has 0 aliphatic carbocycles. The van der Waals surface area contributed by atoms with Gasteiger partial charge in [-0.25, -0.2) is 8.42 Å². The first-order chi connectivity index (χ1) is 20.0. The van der Waals surface area contributed by atoms with Crippen molar-refractivity contribution in [2.75, 3.05) is 17.4 Å². The lowest BCUT2D eigenvalue weighted by Gasteiger charge is -2.34. The molecule has 2 amide bonds. The fraction of sp³-hybridized carbons (Fsp3) is 0.375. The molecule has 1 atom stereocenters. The number of anilines is 1. The summed E-state index contributed by atoms with van der Waals surface area (Å²) in [7, 11) is -4.16. The Labute approximate surface area is 259 Å². The van der Waals surface area contributed by atoms with Gasteiger partial charge in [-0.15, -0.1) is 0 Å². The molecular weight excluding hydrogens is 593 g/mol. The molecule has 1 unspecified atom stereocenters. The molecule has 0 saturated heterocycles. The van der Waals surface area contributed by atoms with Crippen molar-refractivity contribution in [1.29, 1.82) is 0 Å². The van der Waals surface area contributed by atoms with Crippen molar-refractivity contribution in [3.63, 3.8) is 0 Å². The summed E-state index contributed by atoms with van der Waals surface area (Å²) in [5.41, 5.74) is 2.57. The van der Waals surface area contributed by atoms with Crippen molar-refractivity contribution >= 4 is 50.7 Å². The van der Waals surface area contributed by atoms with Crippen LogP contribution in [0.15, 0.2) is 71.6 Å². The minimum absolute atomic E-state index is 0.0646. The van der Waals surface area contributed by atoms with E-state index in [0.29, 0.717) is 40.7 Å². The van der Waals surface area contributed by atoms with E-state index >= 15 is 0 Å².